The summed E-state index contributed by atoms with van der Waals surface area (Å²) in [6.07, 6.45) is 1.96. The number of piperidine rings is 1. The number of amides is 2. The van der Waals surface area contributed by atoms with Crippen LogP contribution < -0.4 is 0 Å². The molecule has 1 rings (SSSR count). The van der Waals surface area contributed by atoms with E-state index < -0.39 is 5.97 Å². The Morgan fingerprint density at radius 3 is 2.10 bits per heavy atom. The lowest BCUT2D eigenvalue weighted by Gasteiger charge is -2.45. The Morgan fingerprint density at radius 1 is 1.19 bits per heavy atom. The van der Waals surface area contributed by atoms with Crippen LogP contribution in [-0.2, 0) is 4.79 Å². The largest absolute Gasteiger partial charge is 0.481 e. The number of aliphatic carboxylic acids is 1. The molecule has 0 unspecified atom stereocenters. The van der Waals surface area contributed by atoms with Crippen LogP contribution in [0.15, 0.2) is 0 Å². The Morgan fingerprint density at radius 2 is 1.71 bits per heavy atom. The summed E-state index contributed by atoms with van der Waals surface area (Å²) < 4.78 is 0. The van der Waals surface area contributed by atoms with Gasteiger partial charge in [0.05, 0.1) is 6.42 Å². The van der Waals surface area contributed by atoms with Crippen LogP contribution in [-0.4, -0.2) is 77.1 Å². The van der Waals surface area contributed by atoms with E-state index >= 15 is 0 Å². The maximum atomic E-state index is 11.9. The van der Waals surface area contributed by atoms with E-state index in [1.54, 1.807) is 19.0 Å². The van der Waals surface area contributed by atoms with Crippen LogP contribution in [0.25, 0.3) is 0 Å². The lowest BCUT2D eigenvalue weighted by molar-refractivity contribution is -0.137. The zero-order chi connectivity index (χ0) is 16.2. The quantitative estimate of drug-likeness (QED) is 0.858. The van der Waals surface area contributed by atoms with Crippen molar-refractivity contribution in [2.24, 2.45) is 0 Å². The van der Waals surface area contributed by atoms with Crippen LogP contribution in [0.1, 0.15) is 40.0 Å². The Hall–Kier alpha value is -1.30. The zero-order valence-corrected chi connectivity index (χ0v) is 13.9. The molecule has 0 spiro atoms. The average Bonchev–Trinajstić information content (AvgIpc) is 2.36. The summed E-state index contributed by atoms with van der Waals surface area (Å²) in [5.41, 5.74) is -0.0617. The summed E-state index contributed by atoms with van der Waals surface area (Å²) in [6.45, 7) is 8.39. The molecule has 6 heteroatoms. The molecule has 0 radical (unpaired) electrons. The molecule has 1 fully saturated rings. The Labute approximate surface area is 127 Å². The third kappa shape index (κ3) is 5.19. The molecule has 0 aliphatic carbocycles. The second-order valence-electron chi connectivity index (χ2n) is 6.90. The van der Waals surface area contributed by atoms with Gasteiger partial charge >= 0.3 is 12.0 Å². The van der Waals surface area contributed by atoms with Crippen molar-refractivity contribution in [1.29, 1.82) is 0 Å². The van der Waals surface area contributed by atoms with E-state index in [0.29, 0.717) is 12.6 Å². The van der Waals surface area contributed by atoms with Crippen LogP contribution in [0.4, 0.5) is 4.79 Å². The standard InChI is InChI=1S/C15H29N3O3/c1-15(2,3)18(11-8-13(19)20)12-6-9-17(10-7-12)14(21)16(4)5/h12H,6-11H2,1-5H3,(H,19,20). The first kappa shape index (κ1) is 17.8. The molecule has 0 aromatic rings. The van der Waals surface area contributed by atoms with Crippen LogP contribution in [0.3, 0.4) is 0 Å². The molecule has 0 saturated carbocycles. The average molecular weight is 299 g/mol. The fourth-order valence-corrected chi connectivity index (χ4v) is 2.93. The van der Waals surface area contributed by atoms with Crippen LogP contribution >= 0.6 is 0 Å². The zero-order valence-electron chi connectivity index (χ0n) is 13.9. The molecule has 0 bridgehead atoms. The molecule has 1 aliphatic heterocycles. The molecular weight excluding hydrogens is 270 g/mol. The van der Waals surface area contributed by atoms with Crippen molar-refractivity contribution >= 4 is 12.0 Å². The van der Waals surface area contributed by atoms with E-state index in [9.17, 15) is 9.59 Å². The van der Waals surface area contributed by atoms with Gasteiger partial charge in [-0.25, -0.2) is 4.79 Å². The highest BCUT2D eigenvalue weighted by atomic mass is 16.4. The van der Waals surface area contributed by atoms with Gasteiger partial charge in [-0.3, -0.25) is 9.69 Å². The van der Waals surface area contributed by atoms with Crippen molar-refractivity contribution in [2.75, 3.05) is 33.7 Å². The molecule has 1 N–H and O–H groups in total. The normalized spacial score (nSPS) is 17.1. The Balaban J connectivity index is 2.63. The molecular formula is C15H29N3O3. The van der Waals surface area contributed by atoms with Crippen molar-refractivity contribution in [1.82, 2.24) is 14.7 Å². The number of likely N-dealkylation sites (tertiary alicyclic amines) is 1. The monoisotopic (exact) mass is 299 g/mol. The van der Waals surface area contributed by atoms with Crippen LogP contribution in [0.2, 0.25) is 0 Å². The lowest BCUT2D eigenvalue weighted by Crippen LogP contribution is -2.54. The van der Waals surface area contributed by atoms with Crippen molar-refractivity contribution in [2.45, 2.75) is 51.6 Å². The second-order valence-corrected chi connectivity index (χ2v) is 6.90. The molecule has 122 valence electrons. The minimum Gasteiger partial charge on any atom is -0.481 e. The first-order valence-corrected chi connectivity index (χ1v) is 7.57. The Bertz CT molecular complexity index is 369. The summed E-state index contributed by atoms with van der Waals surface area (Å²) in [5.74, 6) is -0.760. The highest BCUT2D eigenvalue weighted by Crippen LogP contribution is 2.25. The predicted octanol–water partition coefficient (Wildman–Crippen LogP) is 1.71. The van der Waals surface area contributed by atoms with Crippen LogP contribution in [0, 0.1) is 0 Å². The van der Waals surface area contributed by atoms with E-state index in [0.717, 1.165) is 25.9 Å². The SMILES string of the molecule is CN(C)C(=O)N1CCC(N(CCC(=O)O)C(C)(C)C)CC1. The summed E-state index contributed by atoms with van der Waals surface area (Å²) in [5, 5.41) is 8.92. The molecule has 1 saturated heterocycles. The van der Waals surface area contributed by atoms with Gasteiger partial charge in [0.2, 0.25) is 0 Å². The van der Waals surface area contributed by atoms with Gasteiger partial charge in [0.1, 0.15) is 0 Å². The van der Waals surface area contributed by atoms with Gasteiger partial charge in [-0.15, -0.1) is 0 Å². The van der Waals surface area contributed by atoms with E-state index in [4.69, 9.17) is 5.11 Å². The Kier molecular flexibility index (Phi) is 6.01. The first-order valence-electron chi connectivity index (χ1n) is 7.57. The fraction of sp³-hybridized carbons (Fsp3) is 0.867. The summed E-state index contributed by atoms with van der Waals surface area (Å²) >= 11 is 0. The van der Waals surface area contributed by atoms with Gasteiger partial charge in [-0.1, -0.05) is 0 Å². The van der Waals surface area contributed by atoms with Gasteiger partial charge < -0.3 is 14.9 Å². The summed E-state index contributed by atoms with van der Waals surface area (Å²) in [6, 6.07) is 0.400. The second kappa shape index (κ2) is 7.11. The minimum atomic E-state index is -0.760. The number of urea groups is 1. The number of hydrogen-bond donors (Lipinski definition) is 1. The first-order chi connectivity index (χ1) is 9.62. The third-order valence-corrected chi connectivity index (χ3v) is 3.99. The van der Waals surface area contributed by atoms with Gasteiger partial charge in [0, 0.05) is 45.3 Å². The van der Waals surface area contributed by atoms with Crippen LogP contribution in [0.5, 0.6) is 0 Å². The lowest BCUT2D eigenvalue weighted by atomic mass is 9.96. The fourth-order valence-electron chi connectivity index (χ4n) is 2.93. The molecule has 1 heterocycles. The van der Waals surface area contributed by atoms with Crippen molar-refractivity contribution in [3.05, 3.63) is 0 Å². The van der Waals surface area contributed by atoms with Crippen molar-refractivity contribution in [3.63, 3.8) is 0 Å². The smallest absolute Gasteiger partial charge is 0.319 e. The number of rotatable bonds is 4. The van der Waals surface area contributed by atoms with Gasteiger partial charge in [-0.05, 0) is 33.6 Å². The summed E-state index contributed by atoms with van der Waals surface area (Å²) in [7, 11) is 3.53. The number of carbonyl (C=O) groups excluding carboxylic acids is 1. The van der Waals surface area contributed by atoms with Crippen molar-refractivity contribution < 1.29 is 14.7 Å². The third-order valence-electron chi connectivity index (χ3n) is 3.99. The number of carboxylic acid groups (broad SMARTS) is 1. The molecule has 0 aromatic carbocycles. The van der Waals surface area contributed by atoms with Gasteiger partial charge in [0.15, 0.2) is 0 Å². The number of nitrogens with zero attached hydrogens (tertiary/aromatic N) is 3. The number of carbonyl (C=O) groups is 2. The molecule has 6 nitrogen and oxygen atoms in total. The maximum Gasteiger partial charge on any atom is 0.319 e. The number of hydrogen-bond acceptors (Lipinski definition) is 3. The molecule has 2 amide bonds. The number of carboxylic acids is 1. The van der Waals surface area contributed by atoms with E-state index in [2.05, 4.69) is 25.7 Å². The van der Waals surface area contributed by atoms with E-state index in [1.807, 2.05) is 4.90 Å². The van der Waals surface area contributed by atoms with Crippen molar-refractivity contribution in [3.8, 4) is 0 Å². The predicted molar refractivity (Wildman–Crippen MR) is 82.4 cm³/mol. The van der Waals surface area contributed by atoms with Gasteiger partial charge in [0.25, 0.3) is 0 Å². The van der Waals surface area contributed by atoms with E-state index in [-0.39, 0.29) is 18.0 Å². The summed E-state index contributed by atoms with van der Waals surface area (Å²) in [4.78, 5) is 28.5. The topological polar surface area (TPSA) is 64.1 Å². The van der Waals surface area contributed by atoms with E-state index in [1.165, 1.54) is 0 Å². The highest BCUT2D eigenvalue weighted by Gasteiger charge is 2.33. The molecule has 0 atom stereocenters. The molecule has 1 aliphatic rings. The minimum absolute atomic E-state index is 0.0568. The molecule has 21 heavy (non-hydrogen) atoms. The highest BCUT2D eigenvalue weighted by molar-refractivity contribution is 5.73. The van der Waals surface area contributed by atoms with Gasteiger partial charge in [-0.2, -0.15) is 0 Å². The maximum absolute atomic E-state index is 11.9. The molecule has 0 aromatic heterocycles.